The topological polar surface area (TPSA) is 44.5 Å². The fourth-order valence-corrected chi connectivity index (χ4v) is 4.99. The quantitative estimate of drug-likeness (QED) is 0.347. The summed E-state index contributed by atoms with van der Waals surface area (Å²) in [6.07, 6.45) is 5.98. The van der Waals surface area contributed by atoms with Gasteiger partial charge in [0.1, 0.15) is 0 Å². The predicted octanol–water partition coefficient (Wildman–Crippen LogP) is 6.35. The SMILES string of the molecule is COc1ccc(-c2nn(CN(C)Cc3ccc(Cl)cc3)c(=S)n2C2CCCCC2)cc1OC. The number of halogens is 1. The lowest BCUT2D eigenvalue weighted by molar-refractivity contribution is 0.242. The highest BCUT2D eigenvalue weighted by Gasteiger charge is 2.23. The van der Waals surface area contributed by atoms with Crippen LogP contribution < -0.4 is 9.47 Å². The van der Waals surface area contributed by atoms with E-state index in [-0.39, 0.29) is 0 Å². The first kappa shape index (κ1) is 23.8. The lowest BCUT2D eigenvalue weighted by atomic mass is 9.95. The molecule has 0 unspecified atom stereocenters. The van der Waals surface area contributed by atoms with Gasteiger partial charge in [0.25, 0.3) is 0 Å². The Morgan fingerprint density at radius 1 is 1.03 bits per heavy atom. The van der Waals surface area contributed by atoms with Gasteiger partial charge in [0.05, 0.1) is 20.9 Å². The van der Waals surface area contributed by atoms with Gasteiger partial charge in [-0.05, 0) is 68.0 Å². The van der Waals surface area contributed by atoms with Crippen LogP contribution in [-0.2, 0) is 13.2 Å². The van der Waals surface area contributed by atoms with Gasteiger partial charge in [-0.25, -0.2) is 4.68 Å². The van der Waals surface area contributed by atoms with Gasteiger partial charge >= 0.3 is 0 Å². The first-order valence-electron chi connectivity index (χ1n) is 11.3. The largest absolute Gasteiger partial charge is 0.493 e. The highest BCUT2D eigenvalue weighted by molar-refractivity contribution is 7.71. The highest BCUT2D eigenvalue weighted by Crippen LogP contribution is 2.36. The molecule has 6 nitrogen and oxygen atoms in total. The Kier molecular flexibility index (Phi) is 7.73. The second kappa shape index (κ2) is 10.7. The summed E-state index contributed by atoms with van der Waals surface area (Å²) >= 11 is 12.0. The Morgan fingerprint density at radius 2 is 1.73 bits per heavy atom. The number of benzene rings is 2. The molecule has 2 aromatic carbocycles. The molecule has 1 aromatic heterocycles. The summed E-state index contributed by atoms with van der Waals surface area (Å²) in [6.45, 7) is 1.38. The summed E-state index contributed by atoms with van der Waals surface area (Å²) in [7, 11) is 5.37. The molecule has 176 valence electrons. The zero-order valence-corrected chi connectivity index (χ0v) is 21.0. The van der Waals surface area contributed by atoms with E-state index in [2.05, 4.69) is 16.5 Å². The second-order valence-corrected chi connectivity index (χ2v) is 9.42. The molecule has 0 atom stereocenters. The molecule has 0 radical (unpaired) electrons. The monoisotopic (exact) mass is 486 g/mol. The van der Waals surface area contributed by atoms with E-state index < -0.39 is 0 Å². The minimum Gasteiger partial charge on any atom is -0.493 e. The van der Waals surface area contributed by atoms with Crippen LogP contribution in [0.15, 0.2) is 42.5 Å². The van der Waals surface area contributed by atoms with Crippen molar-refractivity contribution >= 4 is 23.8 Å². The summed E-state index contributed by atoms with van der Waals surface area (Å²) in [5.74, 6) is 2.27. The molecule has 4 rings (SSSR count). The van der Waals surface area contributed by atoms with E-state index in [0.717, 1.165) is 40.6 Å². The average Bonchev–Trinajstić information content (AvgIpc) is 3.16. The molecular weight excluding hydrogens is 456 g/mol. The first-order chi connectivity index (χ1) is 16.0. The third-order valence-corrected chi connectivity index (χ3v) is 6.85. The molecule has 1 saturated carbocycles. The van der Waals surface area contributed by atoms with Crippen molar-refractivity contribution in [3.05, 3.63) is 57.8 Å². The Hall–Kier alpha value is -2.35. The molecule has 33 heavy (non-hydrogen) atoms. The van der Waals surface area contributed by atoms with E-state index in [1.54, 1.807) is 14.2 Å². The van der Waals surface area contributed by atoms with Crippen molar-refractivity contribution in [3.8, 4) is 22.9 Å². The minimum absolute atomic E-state index is 0.365. The predicted molar refractivity (Wildman–Crippen MR) is 135 cm³/mol. The van der Waals surface area contributed by atoms with Gasteiger partial charge in [-0.15, -0.1) is 0 Å². The van der Waals surface area contributed by atoms with Crippen LogP contribution in [0.2, 0.25) is 5.02 Å². The average molecular weight is 487 g/mol. The number of hydrogen-bond donors (Lipinski definition) is 0. The van der Waals surface area contributed by atoms with Crippen molar-refractivity contribution in [2.75, 3.05) is 21.3 Å². The zero-order chi connectivity index (χ0) is 23.4. The van der Waals surface area contributed by atoms with Crippen molar-refractivity contribution in [2.24, 2.45) is 0 Å². The van der Waals surface area contributed by atoms with Crippen LogP contribution >= 0.6 is 23.8 Å². The second-order valence-electron chi connectivity index (χ2n) is 8.62. The van der Waals surface area contributed by atoms with Crippen molar-refractivity contribution in [1.82, 2.24) is 19.2 Å². The minimum atomic E-state index is 0.365. The van der Waals surface area contributed by atoms with Crippen LogP contribution in [0.3, 0.4) is 0 Å². The molecule has 0 aliphatic heterocycles. The molecule has 0 saturated heterocycles. The highest BCUT2D eigenvalue weighted by atomic mass is 35.5. The smallest absolute Gasteiger partial charge is 0.199 e. The van der Waals surface area contributed by atoms with Crippen molar-refractivity contribution < 1.29 is 9.47 Å². The van der Waals surface area contributed by atoms with Gasteiger partial charge in [0.15, 0.2) is 22.1 Å². The maximum atomic E-state index is 6.03. The molecule has 0 N–H and O–H groups in total. The lowest BCUT2D eigenvalue weighted by Crippen LogP contribution is -2.23. The lowest BCUT2D eigenvalue weighted by Gasteiger charge is -2.24. The van der Waals surface area contributed by atoms with Crippen LogP contribution in [0.1, 0.15) is 43.7 Å². The van der Waals surface area contributed by atoms with E-state index in [0.29, 0.717) is 24.2 Å². The van der Waals surface area contributed by atoms with E-state index in [9.17, 15) is 0 Å². The van der Waals surface area contributed by atoms with Gasteiger partial charge in [-0.1, -0.05) is 43.0 Å². The maximum absolute atomic E-state index is 6.03. The Labute approximate surface area is 205 Å². The number of aromatic nitrogens is 3. The van der Waals surface area contributed by atoms with Gasteiger partial charge in [-0.2, -0.15) is 5.10 Å². The standard InChI is InChI=1S/C25H31ClN4O2S/c1-28(16-18-9-12-20(26)13-10-18)17-29-25(33)30(21-7-5-4-6-8-21)24(27-29)19-11-14-22(31-2)23(15-19)32-3/h9-15,21H,4-8,16-17H2,1-3H3. The molecule has 0 amide bonds. The molecule has 1 fully saturated rings. The molecule has 8 heteroatoms. The molecule has 1 aliphatic rings. The van der Waals surface area contributed by atoms with Crippen LogP contribution in [0, 0.1) is 4.77 Å². The fraction of sp³-hybridized carbons (Fsp3) is 0.440. The number of methoxy groups -OCH3 is 2. The summed E-state index contributed by atoms with van der Waals surface area (Å²) < 4.78 is 15.9. The van der Waals surface area contributed by atoms with Crippen LogP contribution in [0.25, 0.3) is 11.4 Å². The van der Waals surface area contributed by atoms with Gasteiger partial charge in [-0.3, -0.25) is 9.47 Å². The third kappa shape index (κ3) is 5.42. The number of nitrogens with zero attached hydrogens (tertiary/aromatic N) is 4. The van der Waals surface area contributed by atoms with Gasteiger partial charge in [0, 0.05) is 23.2 Å². The van der Waals surface area contributed by atoms with Crippen LogP contribution in [0.5, 0.6) is 11.5 Å². The Balaban J connectivity index is 1.68. The molecule has 0 bridgehead atoms. The summed E-state index contributed by atoms with van der Waals surface area (Å²) in [6, 6.07) is 14.2. The number of hydrogen-bond acceptors (Lipinski definition) is 5. The molecule has 0 spiro atoms. The third-order valence-electron chi connectivity index (χ3n) is 6.19. The van der Waals surface area contributed by atoms with E-state index in [1.807, 2.05) is 47.1 Å². The number of rotatable bonds is 8. The summed E-state index contributed by atoms with van der Waals surface area (Å²) in [5, 5.41) is 5.74. The summed E-state index contributed by atoms with van der Waals surface area (Å²) in [5.41, 5.74) is 2.17. The Morgan fingerprint density at radius 3 is 2.39 bits per heavy atom. The molecule has 3 aromatic rings. The fourth-order valence-electron chi connectivity index (χ4n) is 4.53. The van der Waals surface area contributed by atoms with Crippen molar-refractivity contribution in [2.45, 2.75) is 51.4 Å². The van der Waals surface area contributed by atoms with Crippen LogP contribution in [0.4, 0.5) is 0 Å². The van der Waals surface area contributed by atoms with E-state index in [1.165, 1.54) is 24.8 Å². The molecular formula is C25H31ClN4O2S. The zero-order valence-electron chi connectivity index (χ0n) is 19.5. The van der Waals surface area contributed by atoms with Gasteiger partial charge < -0.3 is 9.47 Å². The molecule has 1 heterocycles. The maximum Gasteiger partial charge on any atom is 0.199 e. The van der Waals surface area contributed by atoms with Crippen molar-refractivity contribution in [3.63, 3.8) is 0 Å². The van der Waals surface area contributed by atoms with Gasteiger partial charge in [0.2, 0.25) is 0 Å². The van der Waals surface area contributed by atoms with Crippen LogP contribution in [-0.4, -0.2) is 40.5 Å². The first-order valence-corrected chi connectivity index (χ1v) is 12.1. The van der Waals surface area contributed by atoms with Crippen molar-refractivity contribution in [1.29, 1.82) is 0 Å². The van der Waals surface area contributed by atoms with E-state index >= 15 is 0 Å². The van der Waals surface area contributed by atoms with E-state index in [4.69, 9.17) is 38.4 Å². The molecule has 1 aliphatic carbocycles. The normalized spacial score (nSPS) is 14.6. The summed E-state index contributed by atoms with van der Waals surface area (Å²) in [4.78, 5) is 2.20. The number of ether oxygens (including phenoxy) is 2. The Bertz CT molecular complexity index is 1140.